The van der Waals surface area contributed by atoms with Crippen molar-refractivity contribution in [1.29, 1.82) is 5.41 Å². The Morgan fingerprint density at radius 2 is 2.00 bits per heavy atom. The van der Waals surface area contributed by atoms with Gasteiger partial charge in [-0.15, -0.1) is 11.3 Å². The van der Waals surface area contributed by atoms with Crippen LogP contribution >= 0.6 is 50.5 Å². The molecule has 27 heavy (non-hydrogen) atoms. The predicted molar refractivity (Wildman–Crippen MR) is 114 cm³/mol. The lowest BCUT2D eigenvalue weighted by Crippen LogP contribution is -2.26. The Labute approximate surface area is 177 Å². The van der Waals surface area contributed by atoms with Crippen LogP contribution in [0.25, 0.3) is 10.9 Å². The summed E-state index contributed by atoms with van der Waals surface area (Å²) in [6.45, 7) is 1.68. The summed E-state index contributed by atoms with van der Waals surface area (Å²) in [6, 6.07) is 6.98. The quantitative estimate of drug-likeness (QED) is 0.278. The van der Waals surface area contributed by atoms with Crippen LogP contribution in [-0.4, -0.2) is 24.1 Å². The van der Waals surface area contributed by atoms with Crippen molar-refractivity contribution in [2.45, 2.75) is 11.8 Å². The van der Waals surface area contributed by atoms with E-state index in [0.717, 1.165) is 15.3 Å². The fourth-order valence-corrected chi connectivity index (χ4v) is 7.36. The van der Waals surface area contributed by atoms with E-state index in [1.54, 1.807) is 31.2 Å². The smallest absolute Gasteiger partial charge is 0.271 e. The lowest BCUT2D eigenvalue weighted by atomic mass is 10.1. The zero-order valence-electron chi connectivity index (χ0n) is 13.6. The molecule has 1 aromatic carbocycles. The van der Waals surface area contributed by atoms with Gasteiger partial charge < -0.3 is 5.73 Å². The number of nitrogens with one attached hydrogen (secondary N) is 2. The fourth-order valence-electron chi connectivity index (χ4n) is 2.50. The highest BCUT2D eigenvalue weighted by molar-refractivity contribution is 9.10. The van der Waals surface area contributed by atoms with Crippen molar-refractivity contribution in [3.05, 3.63) is 49.2 Å². The van der Waals surface area contributed by atoms with Crippen molar-refractivity contribution in [2.75, 3.05) is 0 Å². The average Bonchev–Trinajstić information content (AvgIpc) is 3.11. The molecule has 7 nitrogen and oxygen atoms in total. The summed E-state index contributed by atoms with van der Waals surface area (Å²) in [6.07, 6.45) is 1.45. The summed E-state index contributed by atoms with van der Waals surface area (Å²) in [5, 5.41) is 11.9. The van der Waals surface area contributed by atoms with E-state index < -0.39 is 10.0 Å². The number of hydrogen-bond donors (Lipinski definition) is 3. The number of thiophene rings is 1. The van der Waals surface area contributed by atoms with Crippen molar-refractivity contribution in [1.82, 2.24) is 9.40 Å². The van der Waals surface area contributed by atoms with Gasteiger partial charge in [0, 0.05) is 17.1 Å². The number of halogens is 3. The maximum atomic E-state index is 13.3. The van der Waals surface area contributed by atoms with E-state index in [9.17, 15) is 8.42 Å². The van der Waals surface area contributed by atoms with Crippen LogP contribution in [0.15, 0.2) is 44.9 Å². The minimum atomic E-state index is -4.03. The van der Waals surface area contributed by atoms with Crippen molar-refractivity contribution in [3.63, 3.8) is 0 Å². The van der Waals surface area contributed by atoms with Crippen LogP contribution in [0.2, 0.25) is 8.67 Å². The van der Waals surface area contributed by atoms with Gasteiger partial charge in [0.15, 0.2) is 0 Å². The second-order valence-corrected chi connectivity index (χ2v) is 10.1. The molecule has 0 saturated heterocycles. The number of fused-ring (bicyclic) bond motifs is 1. The molecule has 0 aliphatic heterocycles. The largest absolute Gasteiger partial charge is 0.369 e. The van der Waals surface area contributed by atoms with Gasteiger partial charge in [0.25, 0.3) is 10.0 Å². The topological polar surface area (TPSA) is 113 Å². The van der Waals surface area contributed by atoms with Crippen LogP contribution in [0.3, 0.4) is 0 Å². The van der Waals surface area contributed by atoms with Crippen LogP contribution in [0.4, 0.5) is 0 Å². The van der Waals surface area contributed by atoms with Gasteiger partial charge in [0.05, 0.1) is 15.7 Å². The van der Waals surface area contributed by atoms with Gasteiger partial charge in [0.1, 0.15) is 13.6 Å². The lowest BCUT2D eigenvalue weighted by molar-refractivity contribution is 0.589. The molecule has 3 aromatic rings. The summed E-state index contributed by atoms with van der Waals surface area (Å²) < 4.78 is 28.3. The van der Waals surface area contributed by atoms with Crippen LogP contribution in [0.5, 0.6) is 0 Å². The monoisotopic (exact) mass is 507 g/mol. The number of hydrazone groups is 1. The Balaban J connectivity index is 2.27. The molecule has 0 unspecified atom stereocenters. The first kappa shape index (κ1) is 20.2. The third-order valence-corrected chi connectivity index (χ3v) is 8.80. The summed E-state index contributed by atoms with van der Waals surface area (Å²) in [4.78, 5) is -0.0945. The van der Waals surface area contributed by atoms with E-state index in [1.165, 1.54) is 6.20 Å². The molecular weight excluding hydrogens is 497 g/mol. The molecule has 2 aromatic heterocycles. The highest BCUT2D eigenvalue weighted by Gasteiger charge is 2.30. The van der Waals surface area contributed by atoms with E-state index in [1.807, 2.05) is 0 Å². The molecule has 0 amide bonds. The molecule has 3 rings (SSSR count). The predicted octanol–water partition coefficient (Wildman–Crippen LogP) is 4.22. The minimum Gasteiger partial charge on any atom is -0.369 e. The van der Waals surface area contributed by atoms with Crippen LogP contribution in [0, 0.1) is 5.41 Å². The van der Waals surface area contributed by atoms with Crippen LogP contribution < -0.4 is 11.2 Å². The van der Waals surface area contributed by atoms with Gasteiger partial charge in [-0.2, -0.15) is 5.10 Å². The maximum absolute atomic E-state index is 13.3. The molecule has 0 radical (unpaired) electrons. The standard InChI is InChI=1S/C15H12BrCl2N5O2S2/c1-7(21-22-15(19)20)9-6-23(10-5-3-2-4-8(9)10)27(24,25)12-11(16)13(17)26-14(12)18/h2-6H,1H3,(H4,19,20,22)/b21-7-. The molecule has 0 aliphatic carbocycles. The number of aromatic nitrogens is 1. The SMILES string of the molecule is C/C(=N/NC(=N)N)c1cn(S(=O)(=O)c2c(Cl)sc(Cl)c2Br)c2ccccc12. The normalized spacial score (nSPS) is 12.5. The van der Waals surface area contributed by atoms with Crippen molar-refractivity contribution >= 4 is 83.1 Å². The first-order chi connectivity index (χ1) is 12.6. The zero-order valence-corrected chi connectivity index (χ0v) is 18.4. The Kier molecular flexibility index (Phi) is 5.55. The molecule has 0 atom stereocenters. The first-order valence-electron chi connectivity index (χ1n) is 7.28. The van der Waals surface area contributed by atoms with Gasteiger partial charge in [-0.25, -0.2) is 17.8 Å². The second-order valence-electron chi connectivity index (χ2n) is 5.38. The lowest BCUT2D eigenvalue weighted by Gasteiger charge is -2.07. The third kappa shape index (κ3) is 3.59. The van der Waals surface area contributed by atoms with Crippen LogP contribution in [0.1, 0.15) is 12.5 Å². The summed E-state index contributed by atoms with van der Waals surface area (Å²) in [5.74, 6) is -0.325. The van der Waals surface area contributed by atoms with E-state index >= 15 is 0 Å². The Morgan fingerprint density at radius 3 is 2.59 bits per heavy atom. The van der Waals surface area contributed by atoms with Crippen molar-refractivity contribution in [2.24, 2.45) is 10.8 Å². The number of hydrogen-bond acceptors (Lipinski definition) is 5. The first-order valence-corrected chi connectivity index (χ1v) is 11.1. The van der Waals surface area contributed by atoms with Crippen molar-refractivity contribution < 1.29 is 8.42 Å². The van der Waals surface area contributed by atoms with E-state index in [-0.39, 0.29) is 24.0 Å². The molecule has 0 fully saturated rings. The molecule has 0 saturated carbocycles. The number of guanidine groups is 1. The Hall–Kier alpha value is -1.59. The maximum Gasteiger partial charge on any atom is 0.271 e. The van der Waals surface area contributed by atoms with Gasteiger partial charge in [-0.3, -0.25) is 5.41 Å². The highest BCUT2D eigenvalue weighted by Crippen LogP contribution is 2.44. The second kappa shape index (κ2) is 7.44. The third-order valence-electron chi connectivity index (χ3n) is 3.66. The number of benzene rings is 1. The summed E-state index contributed by atoms with van der Waals surface area (Å²) in [5.41, 5.74) is 9.09. The summed E-state index contributed by atoms with van der Waals surface area (Å²) >= 11 is 16.3. The Bertz CT molecular complexity index is 1200. The van der Waals surface area contributed by atoms with Gasteiger partial charge in [0.2, 0.25) is 5.96 Å². The van der Waals surface area contributed by atoms with Crippen LogP contribution in [-0.2, 0) is 10.0 Å². The van der Waals surface area contributed by atoms with E-state index in [4.69, 9.17) is 34.3 Å². The molecule has 12 heteroatoms. The molecule has 2 heterocycles. The molecule has 142 valence electrons. The van der Waals surface area contributed by atoms with Crippen molar-refractivity contribution in [3.8, 4) is 0 Å². The number of nitrogens with zero attached hydrogens (tertiary/aromatic N) is 2. The van der Waals surface area contributed by atoms with E-state index in [2.05, 4.69) is 26.5 Å². The number of para-hydroxylation sites is 1. The highest BCUT2D eigenvalue weighted by atomic mass is 79.9. The summed E-state index contributed by atoms with van der Waals surface area (Å²) in [7, 11) is -4.03. The molecule has 0 bridgehead atoms. The Morgan fingerprint density at radius 1 is 1.33 bits per heavy atom. The van der Waals surface area contributed by atoms with Gasteiger partial charge >= 0.3 is 0 Å². The molecule has 0 spiro atoms. The van der Waals surface area contributed by atoms with Gasteiger partial charge in [-0.1, -0.05) is 41.4 Å². The fraction of sp³-hybridized carbons (Fsp3) is 0.0667. The molecular formula is C15H12BrCl2N5O2S2. The molecule has 0 aliphatic rings. The van der Waals surface area contributed by atoms with E-state index in [0.29, 0.717) is 22.2 Å². The number of rotatable bonds is 4. The molecule has 4 N–H and O–H groups in total. The zero-order chi connectivity index (χ0) is 19.9. The number of nitrogens with two attached hydrogens (primary N) is 1. The minimum absolute atomic E-state index is 0.0647. The average molecular weight is 509 g/mol. The van der Waals surface area contributed by atoms with Gasteiger partial charge in [-0.05, 0) is 28.9 Å².